The van der Waals surface area contributed by atoms with Crippen molar-refractivity contribution >= 4 is 45.0 Å². The number of nitrogens with zero attached hydrogens (tertiary/aromatic N) is 2. The van der Waals surface area contributed by atoms with Gasteiger partial charge in [0.1, 0.15) is 0 Å². The van der Waals surface area contributed by atoms with Crippen molar-refractivity contribution < 1.29 is 4.79 Å². The van der Waals surface area contributed by atoms with E-state index in [-0.39, 0.29) is 11.9 Å². The number of rotatable bonds is 5. The first-order chi connectivity index (χ1) is 17.1. The van der Waals surface area contributed by atoms with E-state index in [0.717, 1.165) is 63.7 Å². The van der Waals surface area contributed by atoms with E-state index in [2.05, 4.69) is 42.2 Å². The summed E-state index contributed by atoms with van der Waals surface area (Å²) in [6, 6.07) is 26.7. The Morgan fingerprint density at radius 1 is 1.06 bits per heavy atom. The van der Waals surface area contributed by atoms with Gasteiger partial charge in [-0.05, 0) is 73.7 Å². The Kier molecular flexibility index (Phi) is 5.54. The molecule has 0 saturated carbocycles. The standard InChI is InChI=1S/C30H26ClN3O/c1-19-17-21-8-3-5-11-28(21)34(19)29(35)12-6-9-23-24-18-22(31)14-16-26(24)33-30(23)27-15-13-20-7-2-4-10-25(20)32-27/h2-5,7-8,10-11,13-16,18-19,33H,6,9,12,17H2,1H3. The SMILES string of the molecule is CC1Cc2ccccc2N1C(=O)CCCc1c(-c2ccc3ccccc3n2)[nH]c2ccc(Cl)cc12. The van der Waals surface area contributed by atoms with Crippen LogP contribution in [0.4, 0.5) is 5.69 Å². The molecule has 0 saturated heterocycles. The zero-order valence-corrected chi connectivity index (χ0v) is 20.3. The van der Waals surface area contributed by atoms with Crippen LogP contribution in [0.1, 0.15) is 30.9 Å². The average molecular weight is 480 g/mol. The van der Waals surface area contributed by atoms with Crippen LogP contribution in [0.3, 0.4) is 0 Å². The highest BCUT2D eigenvalue weighted by molar-refractivity contribution is 6.31. The Labute approximate surface area is 209 Å². The number of fused-ring (bicyclic) bond motifs is 3. The number of aromatic nitrogens is 2. The summed E-state index contributed by atoms with van der Waals surface area (Å²) in [5, 5.41) is 2.91. The van der Waals surface area contributed by atoms with Gasteiger partial charge in [0, 0.05) is 39.5 Å². The van der Waals surface area contributed by atoms with Crippen LogP contribution in [0.25, 0.3) is 33.2 Å². The van der Waals surface area contributed by atoms with Gasteiger partial charge < -0.3 is 9.88 Å². The molecule has 0 bridgehead atoms. The van der Waals surface area contributed by atoms with E-state index in [1.807, 2.05) is 53.4 Å². The number of aryl methyl sites for hydroxylation is 1. The summed E-state index contributed by atoms with van der Waals surface area (Å²) < 4.78 is 0. The highest BCUT2D eigenvalue weighted by Crippen LogP contribution is 2.35. The number of carbonyl (C=O) groups is 1. The molecule has 3 aromatic carbocycles. The van der Waals surface area contributed by atoms with E-state index >= 15 is 0 Å². The van der Waals surface area contributed by atoms with E-state index in [9.17, 15) is 4.79 Å². The van der Waals surface area contributed by atoms with Crippen LogP contribution in [0.5, 0.6) is 0 Å². The van der Waals surface area contributed by atoms with Gasteiger partial charge in [-0.25, -0.2) is 4.98 Å². The molecule has 1 aliphatic rings. The van der Waals surface area contributed by atoms with E-state index in [1.165, 1.54) is 5.56 Å². The number of halogens is 1. The first-order valence-corrected chi connectivity index (χ1v) is 12.5. The summed E-state index contributed by atoms with van der Waals surface area (Å²) in [5.74, 6) is 0.186. The highest BCUT2D eigenvalue weighted by atomic mass is 35.5. The van der Waals surface area contributed by atoms with Gasteiger partial charge in [0.2, 0.25) is 5.91 Å². The molecule has 2 aromatic heterocycles. The van der Waals surface area contributed by atoms with Crippen molar-refractivity contribution in [3.8, 4) is 11.4 Å². The summed E-state index contributed by atoms with van der Waals surface area (Å²) >= 11 is 6.37. The van der Waals surface area contributed by atoms with Crippen molar-refractivity contribution in [3.63, 3.8) is 0 Å². The van der Waals surface area contributed by atoms with E-state index in [0.29, 0.717) is 11.4 Å². The molecule has 0 fully saturated rings. The Morgan fingerprint density at radius 3 is 2.80 bits per heavy atom. The summed E-state index contributed by atoms with van der Waals surface area (Å²) in [7, 11) is 0. The van der Waals surface area contributed by atoms with Gasteiger partial charge in [0.05, 0.1) is 16.9 Å². The fraction of sp³-hybridized carbons (Fsp3) is 0.200. The molecule has 0 spiro atoms. The number of hydrogen-bond acceptors (Lipinski definition) is 2. The number of aromatic amines is 1. The van der Waals surface area contributed by atoms with Gasteiger partial charge in [-0.2, -0.15) is 0 Å². The Balaban J connectivity index is 1.30. The van der Waals surface area contributed by atoms with E-state index in [1.54, 1.807) is 0 Å². The molecular formula is C30H26ClN3O. The maximum Gasteiger partial charge on any atom is 0.227 e. The molecule has 6 rings (SSSR count). The number of anilines is 1. The van der Waals surface area contributed by atoms with Crippen LogP contribution in [-0.4, -0.2) is 21.9 Å². The zero-order chi connectivity index (χ0) is 23.9. The van der Waals surface area contributed by atoms with Gasteiger partial charge in [-0.3, -0.25) is 4.79 Å². The predicted octanol–water partition coefficient (Wildman–Crippen LogP) is 7.34. The third-order valence-corrected chi connectivity index (χ3v) is 7.25. The molecule has 1 aliphatic heterocycles. The van der Waals surface area contributed by atoms with Crippen LogP contribution in [0, 0.1) is 0 Å². The number of pyridine rings is 1. The fourth-order valence-electron chi connectivity index (χ4n) is 5.39. The van der Waals surface area contributed by atoms with Crippen LogP contribution >= 0.6 is 11.6 Å². The lowest BCUT2D eigenvalue weighted by atomic mass is 10.0. The predicted molar refractivity (Wildman–Crippen MR) is 144 cm³/mol. The monoisotopic (exact) mass is 479 g/mol. The third kappa shape index (κ3) is 3.98. The molecule has 1 atom stereocenters. The van der Waals surface area contributed by atoms with Gasteiger partial charge >= 0.3 is 0 Å². The lowest BCUT2D eigenvalue weighted by molar-refractivity contribution is -0.119. The number of para-hydroxylation sites is 2. The van der Waals surface area contributed by atoms with Gasteiger partial charge in [-0.1, -0.05) is 54.1 Å². The summed E-state index contributed by atoms with van der Waals surface area (Å²) in [4.78, 5) is 23.7. The normalized spacial score (nSPS) is 15.1. The number of amides is 1. The van der Waals surface area contributed by atoms with Gasteiger partial charge in [0.15, 0.2) is 0 Å². The second-order valence-corrected chi connectivity index (χ2v) is 9.79. The summed E-state index contributed by atoms with van der Waals surface area (Å²) in [6.07, 6.45) is 2.93. The number of carbonyl (C=O) groups excluding carboxylic acids is 1. The van der Waals surface area contributed by atoms with Crippen molar-refractivity contribution in [1.82, 2.24) is 9.97 Å². The molecule has 35 heavy (non-hydrogen) atoms. The molecule has 174 valence electrons. The minimum atomic E-state index is 0.186. The van der Waals surface area contributed by atoms with Crippen molar-refractivity contribution in [2.24, 2.45) is 0 Å². The smallest absolute Gasteiger partial charge is 0.227 e. The maximum atomic E-state index is 13.3. The summed E-state index contributed by atoms with van der Waals surface area (Å²) in [5.41, 5.74) is 7.37. The van der Waals surface area contributed by atoms with Crippen molar-refractivity contribution in [3.05, 3.63) is 95.0 Å². The van der Waals surface area contributed by atoms with E-state index < -0.39 is 0 Å². The highest BCUT2D eigenvalue weighted by Gasteiger charge is 2.30. The largest absolute Gasteiger partial charge is 0.353 e. The van der Waals surface area contributed by atoms with E-state index in [4.69, 9.17) is 16.6 Å². The van der Waals surface area contributed by atoms with Crippen molar-refractivity contribution in [2.45, 2.75) is 38.6 Å². The van der Waals surface area contributed by atoms with Crippen LogP contribution < -0.4 is 4.90 Å². The first-order valence-electron chi connectivity index (χ1n) is 12.1. The Hall–Kier alpha value is -3.63. The lowest BCUT2D eigenvalue weighted by Gasteiger charge is -2.22. The molecule has 1 amide bonds. The Bertz CT molecular complexity index is 1570. The average Bonchev–Trinajstić information content (AvgIpc) is 3.40. The summed E-state index contributed by atoms with van der Waals surface area (Å²) in [6.45, 7) is 2.13. The third-order valence-electron chi connectivity index (χ3n) is 7.02. The molecule has 0 radical (unpaired) electrons. The Morgan fingerprint density at radius 2 is 1.89 bits per heavy atom. The molecule has 5 heteroatoms. The molecular weight excluding hydrogens is 454 g/mol. The molecule has 3 heterocycles. The quantitative estimate of drug-likeness (QED) is 0.286. The van der Waals surface area contributed by atoms with Gasteiger partial charge in [0.25, 0.3) is 0 Å². The first kappa shape index (κ1) is 21.9. The molecule has 4 nitrogen and oxygen atoms in total. The minimum absolute atomic E-state index is 0.186. The fourth-order valence-corrected chi connectivity index (χ4v) is 5.56. The number of hydrogen-bond donors (Lipinski definition) is 1. The van der Waals surface area contributed by atoms with Gasteiger partial charge in [-0.15, -0.1) is 0 Å². The van der Waals surface area contributed by atoms with Crippen LogP contribution in [-0.2, 0) is 17.6 Å². The maximum absolute atomic E-state index is 13.3. The van der Waals surface area contributed by atoms with Crippen LogP contribution in [0.15, 0.2) is 78.9 Å². The number of benzene rings is 3. The zero-order valence-electron chi connectivity index (χ0n) is 19.6. The van der Waals surface area contributed by atoms with Crippen molar-refractivity contribution in [1.29, 1.82) is 0 Å². The van der Waals surface area contributed by atoms with Crippen molar-refractivity contribution in [2.75, 3.05) is 4.90 Å². The lowest BCUT2D eigenvalue weighted by Crippen LogP contribution is -2.35. The molecule has 5 aromatic rings. The second-order valence-electron chi connectivity index (χ2n) is 9.36. The number of nitrogens with one attached hydrogen (secondary N) is 1. The number of H-pyrrole nitrogens is 1. The minimum Gasteiger partial charge on any atom is -0.353 e. The van der Waals surface area contributed by atoms with Crippen LogP contribution in [0.2, 0.25) is 5.02 Å². The molecule has 1 unspecified atom stereocenters. The second kappa shape index (κ2) is 8.86. The topological polar surface area (TPSA) is 49.0 Å². The molecule has 0 aliphatic carbocycles. The molecule has 1 N–H and O–H groups in total.